The highest BCUT2D eigenvalue weighted by Gasteiger charge is 2.18. The van der Waals surface area contributed by atoms with Gasteiger partial charge in [-0.15, -0.1) is 0 Å². The van der Waals surface area contributed by atoms with Crippen molar-refractivity contribution in [2.45, 2.75) is 13.8 Å². The summed E-state index contributed by atoms with van der Waals surface area (Å²) in [5, 5.41) is 29.3. The monoisotopic (exact) mass is 433 g/mol. The number of carbonyl (C=O) groups is 1. The van der Waals surface area contributed by atoms with Gasteiger partial charge in [-0.2, -0.15) is 5.10 Å². The number of non-ortho nitro benzene ring substituents is 1. The third kappa shape index (κ3) is 5.11. The molecule has 3 rings (SSSR count). The van der Waals surface area contributed by atoms with Gasteiger partial charge in [0.05, 0.1) is 15.6 Å². The highest BCUT2D eigenvalue weighted by Crippen LogP contribution is 2.27. The second-order valence-electron chi connectivity index (χ2n) is 6.87. The van der Waals surface area contributed by atoms with Crippen LogP contribution in [0.5, 0.6) is 0 Å². The number of hydrogen-bond donors (Lipinski definition) is 2. The fraction of sp³-hybridized carbons (Fsp3) is 0.0909. The van der Waals surface area contributed by atoms with Crippen LogP contribution in [0.1, 0.15) is 28.4 Å². The minimum Gasteiger partial charge on any atom is -0.322 e. The Balaban J connectivity index is 1.83. The van der Waals surface area contributed by atoms with E-state index in [0.29, 0.717) is 17.0 Å². The van der Waals surface area contributed by atoms with Crippen LogP contribution in [0.3, 0.4) is 0 Å². The lowest BCUT2D eigenvalue weighted by molar-refractivity contribution is -0.384. The number of nitro benzene ring substituents is 2. The Kier molecular flexibility index (Phi) is 6.54. The molecule has 0 atom stereocenters. The van der Waals surface area contributed by atoms with Crippen LogP contribution in [0, 0.1) is 27.2 Å². The van der Waals surface area contributed by atoms with Crippen LogP contribution in [0.4, 0.5) is 22.7 Å². The molecule has 0 spiro atoms. The lowest BCUT2D eigenvalue weighted by Crippen LogP contribution is -2.13. The molecule has 0 aliphatic carbocycles. The third-order valence-electron chi connectivity index (χ3n) is 4.67. The van der Waals surface area contributed by atoms with Crippen molar-refractivity contribution < 1.29 is 14.6 Å². The van der Waals surface area contributed by atoms with Gasteiger partial charge in [-0.25, -0.2) is 0 Å². The lowest BCUT2D eigenvalue weighted by Gasteiger charge is -2.09. The molecule has 10 heteroatoms. The zero-order chi connectivity index (χ0) is 23.3. The van der Waals surface area contributed by atoms with Crippen LogP contribution >= 0.6 is 0 Å². The number of aryl methyl sites for hydroxylation is 1. The Morgan fingerprint density at radius 1 is 0.875 bits per heavy atom. The predicted octanol–water partition coefficient (Wildman–Crippen LogP) is 4.90. The molecule has 0 bridgehead atoms. The number of hydrazone groups is 1. The minimum atomic E-state index is -0.620. The molecule has 32 heavy (non-hydrogen) atoms. The van der Waals surface area contributed by atoms with Crippen LogP contribution in [0.25, 0.3) is 0 Å². The van der Waals surface area contributed by atoms with Crippen molar-refractivity contribution in [1.82, 2.24) is 0 Å². The predicted molar refractivity (Wildman–Crippen MR) is 121 cm³/mol. The first kappa shape index (κ1) is 22.1. The van der Waals surface area contributed by atoms with Gasteiger partial charge in [-0.1, -0.05) is 30.3 Å². The van der Waals surface area contributed by atoms with E-state index in [2.05, 4.69) is 15.8 Å². The van der Waals surface area contributed by atoms with E-state index in [4.69, 9.17) is 0 Å². The number of para-hydroxylation sites is 1. The Morgan fingerprint density at radius 3 is 2.31 bits per heavy atom. The van der Waals surface area contributed by atoms with E-state index in [0.717, 1.165) is 11.6 Å². The van der Waals surface area contributed by atoms with Crippen molar-refractivity contribution in [3.05, 3.63) is 104 Å². The summed E-state index contributed by atoms with van der Waals surface area (Å²) >= 11 is 0. The summed E-state index contributed by atoms with van der Waals surface area (Å²) in [7, 11) is 0. The Hall–Kier alpha value is -4.60. The molecule has 3 aromatic carbocycles. The second kappa shape index (κ2) is 9.47. The van der Waals surface area contributed by atoms with Gasteiger partial charge >= 0.3 is 0 Å². The average molecular weight is 433 g/mol. The topological polar surface area (TPSA) is 140 Å². The normalized spacial score (nSPS) is 11.0. The van der Waals surface area contributed by atoms with Crippen molar-refractivity contribution in [2.24, 2.45) is 5.10 Å². The van der Waals surface area contributed by atoms with Crippen molar-refractivity contribution in [3.63, 3.8) is 0 Å². The average Bonchev–Trinajstić information content (AvgIpc) is 2.78. The zero-order valence-electron chi connectivity index (χ0n) is 17.2. The van der Waals surface area contributed by atoms with Gasteiger partial charge in [0.25, 0.3) is 17.3 Å². The molecule has 0 saturated carbocycles. The standard InChI is InChI=1S/C22H19N5O5/c1-14-6-3-4-9-19(14)23-22(28)17-10-11-20(21(13-17)27(31)32)25-24-15(2)16-7-5-8-18(12-16)26(29)30/h3-13,25H,1-2H3,(H,23,28)/b24-15+. The fourth-order valence-corrected chi connectivity index (χ4v) is 2.88. The summed E-state index contributed by atoms with van der Waals surface area (Å²) in [4.78, 5) is 33.9. The minimum absolute atomic E-state index is 0.0761. The summed E-state index contributed by atoms with van der Waals surface area (Å²) in [6.07, 6.45) is 0. The largest absolute Gasteiger partial charge is 0.322 e. The van der Waals surface area contributed by atoms with Gasteiger partial charge in [-0.3, -0.25) is 30.4 Å². The van der Waals surface area contributed by atoms with Gasteiger partial charge in [0.2, 0.25) is 0 Å². The fourth-order valence-electron chi connectivity index (χ4n) is 2.88. The van der Waals surface area contributed by atoms with E-state index in [1.165, 1.54) is 30.3 Å². The molecule has 0 saturated heterocycles. The number of nitrogens with zero attached hydrogens (tertiary/aromatic N) is 3. The van der Waals surface area contributed by atoms with Gasteiger partial charge in [0.1, 0.15) is 5.69 Å². The maximum absolute atomic E-state index is 12.6. The number of nitro groups is 2. The third-order valence-corrected chi connectivity index (χ3v) is 4.67. The van der Waals surface area contributed by atoms with Gasteiger partial charge in [-0.05, 0) is 37.6 Å². The molecule has 0 radical (unpaired) electrons. The van der Waals surface area contributed by atoms with Crippen molar-refractivity contribution in [3.8, 4) is 0 Å². The number of amides is 1. The van der Waals surface area contributed by atoms with Crippen LogP contribution in [0.2, 0.25) is 0 Å². The van der Waals surface area contributed by atoms with E-state index in [1.807, 2.05) is 19.1 Å². The summed E-state index contributed by atoms with van der Waals surface area (Å²) in [6.45, 7) is 3.45. The Labute approximate surface area is 182 Å². The molecule has 10 nitrogen and oxygen atoms in total. The highest BCUT2D eigenvalue weighted by molar-refractivity contribution is 6.05. The Bertz CT molecular complexity index is 1240. The van der Waals surface area contributed by atoms with Crippen LogP contribution in [0.15, 0.2) is 71.8 Å². The molecular weight excluding hydrogens is 414 g/mol. The maximum Gasteiger partial charge on any atom is 0.294 e. The molecule has 0 unspecified atom stereocenters. The first-order chi connectivity index (χ1) is 15.3. The molecule has 0 aliphatic rings. The Morgan fingerprint density at radius 2 is 1.62 bits per heavy atom. The zero-order valence-corrected chi connectivity index (χ0v) is 17.2. The van der Waals surface area contributed by atoms with E-state index in [-0.39, 0.29) is 22.6 Å². The molecular formula is C22H19N5O5. The molecule has 1 amide bonds. The van der Waals surface area contributed by atoms with E-state index < -0.39 is 15.8 Å². The van der Waals surface area contributed by atoms with Crippen LogP contribution in [-0.2, 0) is 0 Å². The molecule has 0 fully saturated rings. The van der Waals surface area contributed by atoms with Crippen molar-refractivity contribution in [2.75, 3.05) is 10.7 Å². The highest BCUT2D eigenvalue weighted by atomic mass is 16.6. The van der Waals surface area contributed by atoms with Crippen LogP contribution in [-0.4, -0.2) is 21.5 Å². The SMILES string of the molecule is C/C(=N\Nc1ccc(C(=O)Nc2ccccc2C)cc1[N+](=O)[O-])c1cccc([N+](=O)[O-])c1. The number of carbonyl (C=O) groups excluding carboxylic acids is 1. The summed E-state index contributed by atoms with van der Waals surface area (Å²) in [6, 6.07) is 17.1. The van der Waals surface area contributed by atoms with E-state index in [1.54, 1.807) is 25.1 Å². The smallest absolute Gasteiger partial charge is 0.294 e. The molecule has 162 valence electrons. The maximum atomic E-state index is 12.6. The summed E-state index contributed by atoms with van der Waals surface area (Å²) in [5.41, 5.74) is 4.73. The van der Waals surface area contributed by atoms with E-state index >= 15 is 0 Å². The second-order valence-corrected chi connectivity index (χ2v) is 6.87. The number of benzene rings is 3. The quantitative estimate of drug-likeness (QED) is 0.308. The van der Waals surface area contributed by atoms with Crippen molar-refractivity contribution >= 4 is 34.4 Å². The first-order valence-corrected chi connectivity index (χ1v) is 9.47. The molecule has 0 aromatic heterocycles. The molecule has 0 heterocycles. The molecule has 3 aromatic rings. The number of rotatable bonds is 7. The van der Waals surface area contributed by atoms with Crippen molar-refractivity contribution in [1.29, 1.82) is 0 Å². The molecule has 2 N–H and O–H groups in total. The number of nitrogens with one attached hydrogen (secondary N) is 2. The molecule has 0 aliphatic heterocycles. The summed E-state index contributed by atoms with van der Waals surface area (Å²) in [5.74, 6) is -0.481. The number of hydrogen-bond acceptors (Lipinski definition) is 7. The first-order valence-electron chi connectivity index (χ1n) is 9.47. The van der Waals surface area contributed by atoms with E-state index in [9.17, 15) is 25.0 Å². The lowest BCUT2D eigenvalue weighted by atomic mass is 10.1. The van der Waals surface area contributed by atoms with Gasteiger partial charge in [0.15, 0.2) is 0 Å². The van der Waals surface area contributed by atoms with Crippen LogP contribution < -0.4 is 10.7 Å². The van der Waals surface area contributed by atoms with Gasteiger partial charge in [0, 0.05) is 35.0 Å². The summed E-state index contributed by atoms with van der Waals surface area (Å²) < 4.78 is 0. The number of anilines is 2. The van der Waals surface area contributed by atoms with Gasteiger partial charge < -0.3 is 5.32 Å².